The van der Waals surface area contributed by atoms with Crippen molar-refractivity contribution >= 4 is 11.6 Å². The van der Waals surface area contributed by atoms with E-state index in [9.17, 15) is 4.79 Å². The highest BCUT2D eigenvalue weighted by Crippen LogP contribution is 2.11. The van der Waals surface area contributed by atoms with Crippen LogP contribution >= 0.6 is 0 Å². The minimum Gasteiger partial charge on any atom is -0.396 e. The van der Waals surface area contributed by atoms with Crippen molar-refractivity contribution < 1.29 is 9.90 Å². The van der Waals surface area contributed by atoms with E-state index in [1.807, 2.05) is 37.3 Å². The molecule has 0 atom stereocenters. The number of carbonyl (C=O) groups is 1. The number of benzene rings is 1. The van der Waals surface area contributed by atoms with E-state index in [1.54, 1.807) is 6.92 Å². The van der Waals surface area contributed by atoms with Crippen molar-refractivity contribution in [1.29, 1.82) is 0 Å². The number of allylic oxidation sites excluding steroid dienone is 1. The zero-order chi connectivity index (χ0) is 12.7. The lowest BCUT2D eigenvalue weighted by Gasteiger charge is -2.06. The minimum atomic E-state index is -0.0678. The molecule has 17 heavy (non-hydrogen) atoms. The third-order valence-electron chi connectivity index (χ3n) is 2.48. The second-order valence-corrected chi connectivity index (χ2v) is 3.92. The van der Waals surface area contributed by atoms with Gasteiger partial charge >= 0.3 is 0 Å². The average Bonchev–Trinajstić information content (AvgIpc) is 2.32. The summed E-state index contributed by atoms with van der Waals surface area (Å²) in [6.07, 6.45) is 3.40. The van der Waals surface area contributed by atoms with Crippen LogP contribution in [0, 0.1) is 0 Å². The van der Waals surface area contributed by atoms with Crippen LogP contribution in [0.25, 0.3) is 0 Å². The molecule has 0 aliphatic rings. The summed E-state index contributed by atoms with van der Waals surface area (Å²) in [7, 11) is 0. The van der Waals surface area contributed by atoms with E-state index in [4.69, 9.17) is 5.11 Å². The SMILES string of the molecule is CCC=C(C)C(=O)Nc1ccc(CCO)cc1. The van der Waals surface area contributed by atoms with Crippen LogP contribution in [-0.2, 0) is 11.2 Å². The summed E-state index contributed by atoms with van der Waals surface area (Å²) in [5, 5.41) is 11.6. The van der Waals surface area contributed by atoms with Gasteiger partial charge in [-0.05, 0) is 37.5 Å². The molecule has 0 saturated carbocycles. The molecular weight excluding hydrogens is 214 g/mol. The highest BCUT2D eigenvalue weighted by atomic mass is 16.2. The molecule has 0 aliphatic heterocycles. The normalized spacial score (nSPS) is 11.4. The van der Waals surface area contributed by atoms with E-state index in [0.717, 1.165) is 23.2 Å². The highest BCUT2D eigenvalue weighted by molar-refractivity contribution is 6.03. The fourth-order valence-electron chi connectivity index (χ4n) is 1.51. The molecule has 0 spiro atoms. The van der Waals surface area contributed by atoms with Crippen LogP contribution in [0.15, 0.2) is 35.9 Å². The molecule has 1 rings (SSSR count). The van der Waals surface area contributed by atoms with Gasteiger partial charge in [0.25, 0.3) is 5.91 Å². The Morgan fingerprint density at radius 3 is 2.53 bits per heavy atom. The number of rotatable bonds is 5. The molecule has 2 N–H and O–H groups in total. The third-order valence-corrected chi connectivity index (χ3v) is 2.48. The molecular formula is C14H19NO2. The first kappa shape index (κ1) is 13.5. The van der Waals surface area contributed by atoms with Crippen LogP contribution in [0.2, 0.25) is 0 Å². The maximum Gasteiger partial charge on any atom is 0.250 e. The Kier molecular flexibility index (Phi) is 5.43. The first-order valence-electron chi connectivity index (χ1n) is 5.85. The number of aliphatic hydroxyl groups is 1. The summed E-state index contributed by atoms with van der Waals surface area (Å²) < 4.78 is 0. The van der Waals surface area contributed by atoms with E-state index >= 15 is 0 Å². The van der Waals surface area contributed by atoms with Gasteiger partial charge in [0.05, 0.1) is 0 Å². The Labute approximate surface area is 102 Å². The van der Waals surface area contributed by atoms with E-state index < -0.39 is 0 Å². The summed E-state index contributed by atoms with van der Waals surface area (Å²) in [6.45, 7) is 3.95. The van der Waals surface area contributed by atoms with Gasteiger partial charge in [0.1, 0.15) is 0 Å². The summed E-state index contributed by atoms with van der Waals surface area (Å²) in [4.78, 5) is 11.7. The molecule has 0 bridgehead atoms. The van der Waals surface area contributed by atoms with Crippen molar-refractivity contribution in [2.24, 2.45) is 0 Å². The largest absolute Gasteiger partial charge is 0.396 e. The van der Waals surface area contributed by atoms with Gasteiger partial charge in [-0.2, -0.15) is 0 Å². The smallest absolute Gasteiger partial charge is 0.250 e. The molecule has 92 valence electrons. The van der Waals surface area contributed by atoms with Gasteiger partial charge in [-0.3, -0.25) is 4.79 Å². The molecule has 0 aliphatic carbocycles. The first-order chi connectivity index (χ1) is 8.17. The number of aliphatic hydroxyl groups excluding tert-OH is 1. The molecule has 3 heteroatoms. The van der Waals surface area contributed by atoms with Crippen LogP contribution < -0.4 is 5.32 Å². The lowest BCUT2D eigenvalue weighted by Crippen LogP contribution is -2.12. The second kappa shape index (κ2) is 6.86. The fourth-order valence-corrected chi connectivity index (χ4v) is 1.51. The number of hydrogen-bond acceptors (Lipinski definition) is 2. The van der Waals surface area contributed by atoms with E-state index in [0.29, 0.717) is 6.42 Å². The maximum absolute atomic E-state index is 11.7. The topological polar surface area (TPSA) is 49.3 Å². The van der Waals surface area contributed by atoms with Gasteiger partial charge in [-0.15, -0.1) is 0 Å². The molecule has 1 aromatic carbocycles. The van der Waals surface area contributed by atoms with Gasteiger partial charge in [0.15, 0.2) is 0 Å². The van der Waals surface area contributed by atoms with Crippen LogP contribution in [0.3, 0.4) is 0 Å². The number of anilines is 1. The van der Waals surface area contributed by atoms with Crippen LogP contribution in [0.5, 0.6) is 0 Å². The zero-order valence-electron chi connectivity index (χ0n) is 10.4. The van der Waals surface area contributed by atoms with Gasteiger partial charge in [-0.25, -0.2) is 0 Å². The van der Waals surface area contributed by atoms with Crippen LogP contribution in [0.4, 0.5) is 5.69 Å². The summed E-state index contributed by atoms with van der Waals surface area (Å²) >= 11 is 0. The Morgan fingerprint density at radius 1 is 1.35 bits per heavy atom. The highest BCUT2D eigenvalue weighted by Gasteiger charge is 2.03. The molecule has 0 aromatic heterocycles. The average molecular weight is 233 g/mol. The lowest BCUT2D eigenvalue weighted by atomic mass is 10.1. The third kappa shape index (κ3) is 4.41. The molecule has 1 aromatic rings. The molecule has 0 radical (unpaired) electrons. The van der Waals surface area contributed by atoms with Crippen molar-refractivity contribution in [3.63, 3.8) is 0 Å². The van der Waals surface area contributed by atoms with Crippen molar-refractivity contribution in [3.05, 3.63) is 41.5 Å². The van der Waals surface area contributed by atoms with Gasteiger partial charge in [0, 0.05) is 17.9 Å². The van der Waals surface area contributed by atoms with Crippen molar-refractivity contribution in [2.45, 2.75) is 26.7 Å². The standard InChI is InChI=1S/C14H19NO2/c1-3-4-11(2)14(17)15-13-7-5-12(6-8-13)9-10-16/h4-8,16H,3,9-10H2,1-2H3,(H,15,17). The van der Waals surface area contributed by atoms with Gasteiger partial charge in [-0.1, -0.05) is 25.1 Å². The molecule has 1 amide bonds. The molecule has 0 fully saturated rings. The predicted molar refractivity (Wildman–Crippen MR) is 69.9 cm³/mol. The van der Waals surface area contributed by atoms with E-state index in [-0.39, 0.29) is 12.5 Å². The lowest BCUT2D eigenvalue weighted by molar-refractivity contribution is -0.112. The molecule has 0 heterocycles. The van der Waals surface area contributed by atoms with Crippen LogP contribution in [-0.4, -0.2) is 17.6 Å². The van der Waals surface area contributed by atoms with Crippen molar-refractivity contribution in [2.75, 3.05) is 11.9 Å². The van der Waals surface area contributed by atoms with Crippen molar-refractivity contribution in [3.8, 4) is 0 Å². The Morgan fingerprint density at radius 2 is 2.00 bits per heavy atom. The maximum atomic E-state index is 11.7. The number of carbonyl (C=O) groups excluding carboxylic acids is 1. The summed E-state index contributed by atoms with van der Waals surface area (Å²) in [6, 6.07) is 7.51. The molecule has 0 saturated heterocycles. The van der Waals surface area contributed by atoms with Gasteiger partial charge < -0.3 is 10.4 Å². The Bertz CT molecular complexity index is 393. The minimum absolute atomic E-state index is 0.0678. The molecule has 3 nitrogen and oxygen atoms in total. The molecule has 0 unspecified atom stereocenters. The van der Waals surface area contributed by atoms with Crippen molar-refractivity contribution in [1.82, 2.24) is 0 Å². The first-order valence-corrected chi connectivity index (χ1v) is 5.85. The Hall–Kier alpha value is -1.61. The van der Waals surface area contributed by atoms with E-state index in [2.05, 4.69) is 5.32 Å². The fraction of sp³-hybridized carbons (Fsp3) is 0.357. The monoisotopic (exact) mass is 233 g/mol. The van der Waals surface area contributed by atoms with Gasteiger partial charge in [0.2, 0.25) is 0 Å². The summed E-state index contributed by atoms with van der Waals surface area (Å²) in [5.74, 6) is -0.0678. The number of amides is 1. The zero-order valence-corrected chi connectivity index (χ0v) is 10.4. The quantitative estimate of drug-likeness (QED) is 0.768. The van der Waals surface area contributed by atoms with Crippen LogP contribution in [0.1, 0.15) is 25.8 Å². The Balaban J connectivity index is 2.63. The second-order valence-electron chi connectivity index (χ2n) is 3.92. The van der Waals surface area contributed by atoms with E-state index in [1.165, 1.54) is 0 Å². The summed E-state index contributed by atoms with van der Waals surface area (Å²) in [5.41, 5.74) is 2.57. The number of hydrogen-bond donors (Lipinski definition) is 2. The predicted octanol–water partition coefficient (Wildman–Crippen LogP) is 2.52. The number of nitrogens with one attached hydrogen (secondary N) is 1.